The number of hydrogen-bond acceptors (Lipinski definition) is 4. The largest absolute Gasteiger partial charge is 0.610 e. The van der Waals surface area contributed by atoms with Crippen LogP contribution in [0.5, 0.6) is 0 Å². The van der Waals surface area contributed by atoms with Crippen molar-refractivity contribution >= 4 is 28.6 Å². The zero-order chi connectivity index (χ0) is 10.7. The molecular weight excluding hydrogens is 222 g/mol. The van der Waals surface area contributed by atoms with Crippen molar-refractivity contribution in [1.82, 2.24) is 9.97 Å². The molecule has 0 aromatic carbocycles. The number of nitrogens with zero attached hydrogens (tertiary/aromatic N) is 2. The summed E-state index contributed by atoms with van der Waals surface area (Å²) in [7, 11) is 0. The van der Waals surface area contributed by atoms with Crippen LogP contribution in [-0.4, -0.2) is 26.8 Å². The highest BCUT2D eigenvalue weighted by atomic mass is 35.5. The topological polar surface area (TPSA) is 60.9 Å². The van der Waals surface area contributed by atoms with Crippen molar-refractivity contribution < 1.29 is 4.55 Å². The molecule has 1 rings (SSSR count). The number of halogens is 1. The molecule has 4 nitrogen and oxygen atoms in total. The first-order chi connectivity index (χ1) is 6.49. The molecule has 78 valence electrons. The molecular formula is C8H12ClN3OS. The Morgan fingerprint density at radius 2 is 2.14 bits per heavy atom. The highest BCUT2D eigenvalue weighted by Gasteiger charge is 2.11. The normalized spacial score (nSPS) is 13.0. The molecule has 1 N–H and O–H groups in total. The van der Waals surface area contributed by atoms with Crippen LogP contribution >= 0.6 is 11.6 Å². The summed E-state index contributed by atoms with van der Waals surface area (Å²) in [6.45, 7) is 3.97. The van der Waals surface area contributed by atoms with E-state index in [1.54, 1.807) is 12.3 Å². The maximum absolute atomic E-state index is 11.2. The van der Waals surface area contributed by atoms with Crippen molar-refractivity contribution in [3.63, 3.8) is 0 Å². The predicted octanol–water partition coefficient (Wildman–Crippen LogP) is 1.69. The fourth-order valence-electron chi connectivity index (χ4n) is 0.914. The zero-order valence-electron chi connectivity index (χ0n) is 8.24. The Kier molecular flexibility index (Phi) is 3.97. The van der Waals surface area contributed by atoms with Crippen LogP contribution < -0.4 is 5.32 Å². The summed E-state index contributed by atoms with van der Waals surface area (Å²) in [5.41, 5.74) is 0. The second-order valence-electron chi connectivity index (χ2n) is 3.11. The van der Waals surface area contributed by atoms with Gasteiger partial charge < -0.3 is 9.87 Å². The van der Waals surface area contributed by atoms with Gasteiger partial charge in [0.25, 0.3) is 5.03 Å². The molecule has 0 saturated heterocycles. The fraction of sp³-hybridized carbons (Fsp3) is 0.500. The van der Waals surface area contributed by atoms with E-state index < -0.39 is 11.2 Å². The molecule has 0 amide bonds. The number of aromatic nitrogens is 2. The third-order valence-corrected chi connectivity index (χ3v) is 2.37. The van der Waals surface area contributed by atoms with Gasteiger partial charge in [-0.25, -0.2) is 4.98 Å². The molecule has 0 aliphatic heterocycles. The molecule has 0 aliphatic carbocycles. The minimum atomic E-state index is -1.14. The number of rotatable bonds is 3. The van der Waals surface area contributed by atoms with Crippen molar-refractivity contribution in [2.24, 2.45) is 0 Å². The molecule has 0 radical (unpaired) electrons. The summed E-state index contributed by atoms with van der Waals surface area (Å²) in [6, 6.07) is 1.89. The lowest BCUT2D eigenvalue weighted by Gasteiger charge is -2.10. The summed E-state index contributed by atoms with van der Waals surface area (Å²) < 4.78 is 11.2. The Labute approximate surface area is 91.3 Å². The van der Waals surface area contributed by atoms with E-state index in [4.69, 9.17) is 11.6 Å². The number of hydrogen-bond donors (Lipinski definition) is 1. The van der Waals surface area contributed by atoms with Gasteiger partial charge in [-0.15, -0.1) is 0 Å². The Bertz CT molecular complexity index is 319. The summed E-state index contributed by atoms with van der Waals surface area (Å²) in [6.07, 6.45) is 1.55. The second kappa shape index (κ2) is 4.82. The molecule has 6 heteroatoms. The van der Waals surface area contributed by atoms with Crippen LogP contribution in [0.2, 0.25) is 5.28 Å². The first-order valence-corrected chi connectivity index (χ1v) is 6.07. The third kappa shape index (κ3) is 3.32. The lowest BCUT2D eigenvalue weighted by Crippen LogP contribution is -2.12. The quantitative estimate of drug-likeness (QED) is 0.490. The van der Waals surface area contributed by atoms with Crippen LogP contribution in [0.3, 0.4) is 0 Å². The molecule has 1 unspecified atom stereocenters. The molecule has 0 bridgehead atoms. The molecule has 0 aliphatic rings. The smallest absolute Gasteiger partial charge is 0.250 e. The minimum Gasteiger partial charge on any atom is -0.610 e. The average Bonchev–Trinajstić information content (AvgIpc) is 2.01. The van der Waals surface area contributed by atoms with Gasteiger partial charge in [-0.05, 0) is 25.4 Å². The molecule has 14 heavy (non-hydrogen) atoms. The summed E-state index contributed by atoms with van der Waals surface area (Å²) >= 11 is 4.54. The molecule has 0 saturated carbocycles. The highest BCUT2D eigenvalue weighted by Crippen LogP contribution is 2.15. The van der Waals surface area contributed by atoms with Gasteiger partial charge in [0.1, 0.15) is 12.1 Å². The Hall–Kier alpha value is -0.520. The van der Waals surface area contributed by atoms with Crippen LogP contribution in [0.1, 0.15) is 13.8 Å². The van der Waals surface area contributed by atoms with Gasteiger partial charge in [-0.2, -0.15) is 4.98 Å². The van der Waals surface area contributed by atoms with E-state index in [1.165, 1.54) is 0 Å². The van der Waals surface area contributed by atoms with Gasteiger partial charge in [0.05, 0.1) is 6.07 Å². The molecule has 0 spiro atoms. The van der Waals surface area contributed by atoms with Crippen LogP contribution in [-0.2, 0) is 11.2 Å². The van der Waals surface area contributed by atoms with Gasteiger partial charge in [0.2, 0.25) is 5.28 Å². The highest BCUT2D eigenvalue weighted by molar-refractivity contribution is 7.90. The van der Waals surface area contributed by atoms with Gasteiger partial charge in [-0.1, -0.05) is 0 Å². The molecule has 1 aromatic heterocycles. The van der Waals surface area contributed by atoms with E-state index in [1.807, 2.05) is 13.8 Å². The SMILES string of the molecule is CC(C)Nc1cc([S+](C)[O-])nc(Cl)n1. The van der Waals surface area contributed by atoms with E-state index in [-0.39, 0.29) is 11.3 Å². The van der Waals surface area contributed by atoms with Crippen LogP contribution in [0, 0.1) is 0 Å². The lowest BCUT2D eigenvalue weighted by molar-refractivity contribution is 0.597. The van der Waals surface area contributed by atoms with Crippen LogP contribution in [0.4, 0.5) is 5.82 Å². The van der Waals surface area contributed by atoms with Gasteiger partial charge in [0, 0.05) is 17.2 Å². The van der Waals surface area contributed by atoms with Crippen molar-refractivity contribution in [2.75, 3.05) is 11.6 Å². The third-order valence-electron chi connectivity index (χ3n) is 1.41. The number of nitrogens with one attached hydrogen (secondary N) is 1. The minimum absolute atomic E-state index is 0.112. The summed E-state index contributed by atoms with van der Waals surface area (Å²) in [5, 5.41) is 3.62. The van der Waals surface area contributed by atoms with E-state index in [0.29, 0.717) is 10.8 Å². The summed E-state index contributed by atoms with van der Waals surface area (Å²) in [5.74, 6) is 0.602. The molecule has 1 aromatic rings. The van der Waals surface area contributed by atoms with Crippen LogP contribution in [0.15, 0.2) is 11.1 Å². The Balaban J connectivity index is 2.95. The molecule has 1 atom stereocenters. The first kappa shape index (κ1) is 11.6. The van der Waals surface area contributed by atoms with Crippen molar-refractivity contribution in [1.29, 1.82) is 0 Å². The fourth-order valence-corrected chi connectivity index (χ4v) is 1.64. The van der Waals surface area contributed by atoms with Gasteiger partial charge in [-0.3, -0.25) is 0 Å². The lowest BCUT2D eigenvalue weighted by atomic mass is 10.4. The van der Waals surface area contributed by atoms with E-state index in [0.717, 1.165) is 0 Å². The van der Waals surface area contributed by atoms with Gasteiger partial charge in [0.15, 0.2) is 0 Å². The first-order valence-electron chi connectivity index (χ1n) is 4.13. The van der Waals surface area contributed by atoms with Crippen LogP contribution in [0.25, 0.3) is 0 Å². The monoisotopic (exact) mass is 233 g/mol. The van der Waals surface area contributed by atoms with E-state index >= 15 is 0 Å². The average molecular weight is 234 g/mol. The van der Waals surface area contributed by atoms with Gasteiger partial charge >= 0.3 is 0 Å². The van der Waals surface area contributed by atoms with Crippen molar-refractivity contribution in [3.8, 4) is 0 Å². The van der Waals surface area contributed by atoms with E-state index in [2.05, 4.69) is 15.3 Å². The Morgan fingerprint density at radius 1 is 1.50 bits per heavy atom. The van der Waals surface area contributed by atoms with Crippen molar-refractivity contribution in [2.45, 2.75) is 24.9 Å². The zero-order valence-corrected chi connectivity index (χ0v) is 9.82. The maximum atomic E-state index is 11.2. The molecule has 0 fully saturated rings. The molecule has 1 heterocycles. The standard InChI is InChI=1S/C8H12ClN3OS/c1-5(2)10-6-4-7(14(3)13)12-8(9)11-6/h4-5H,1-3H3,(H,10,11,12). The van der Waals surface area contributed by atoms with Crippen molar-refractivity contribution in [3.05, 3.63) is 11.3 Å². The predicted molar refractivity (Wildman–Crippen MR) is 58.1 cm³/mol. The second-order valence-corrected chi connectivity index (χ2v) is 4.78. The Morgan fingerprint density at radius 3 is 2.64 bits per heavy atom. The maximum Gasteiger partial charge on any atom is 0.250 e. The summed E-state index contributed by atoms with van der Waals surface area (Å²) in [4.78, 5) is 7.82. The van der Waals surface area contributed by atoms with E-state index in [9.17, 15) is 4.55 Å². The number of anilines is 1.